The van der Waals surface area contributed by atoms with Gasteiger partial charge in [0.25, 0.3) is 0 Å². The number of ether oxygens (including phenoxy) is 2. The van der Waals surface area contributed by atoms with Gasteiger partial charge in [-0.05, 0) is 38.3 Å². The van der Waals surface area contributed by atoms with Gasteiger partial charge in [-0.25, -0.2) is 0 Å². The molecule has 1 unspecified atom stereocenters. The predicted molar refractivity (Wildman–Crippen MR) is 91.9 cm³/mol. The molecule has 1 aliphatic heterocycles. The predicted octanol–water partition coefficient (Wildman–Crippen LogP) is 3.11. The second-order valence-electron chi connectivity index (χ2n) is 6.87. The normalized spacial score (nSPS) is 23.5. The lowest BCUT2D eigenvalue weighted by Gasteiger charge is -2.35. The van der Waals surface area contributed by atoms with E-state index in [9.17, 15) is 9.90 Å². The summed E-state index contributed by atoms with van der Waals surface area (Å²) in [4.78, 5) is 12.1. The van der Waals surface area contributed by atoms with Crippen LogP contribution in [-0.4, -0.2) is 37.4 Å². The molecule has 0 bridgehead atoms. The van der Waals surface area contributed by atoms with Crippen LogP contribution in [0.15, 0.2) is 18.2 Å². The van der Waals surface area contributed by atoms with E-state index in [2.05, 4.69) is 5.32 Å². The number of para-hydroxylation sites is 1. The third kappa shape index (κ3) is 3.22. The second-order valence-corrected chi connectivity index (χ2v) is 6.87. The van der Waals surface area contributed by atoms with Crippen molar-refractivity contribution >= 4 is 5.97 Å². The summed E-state index contributed by atoms with van der Waals surface area (Å²) >= 11 is 0. The Kier molecular flexibility index (Phi) is 5.29. The zero-order chi connectivity index (χ0) is 17.0. The van der Waals surface area contributed by atoms with Crippen LogP contribution in [0.1, 0.15) is 50.5 Å². The average molecular weight is 333 g/mol. The highest BCUT2D eigenvalue weighted by atomic mass is 16.5. The van der Waals surface area contributed by atoms with Gasteiger partial charge in [-0.3, -0.25) is 4.79 Å². The molecule has 1 saturated heterocycles. The number of carboxylic acid groups (broad SMARTS) is 1. The van der Waals surface area contributed by atoms with Crippen molar-refractivity contribution in [1.82, 2.24) is 5.32 Å². The molecule has 1 aliphatic carbocycles. The summed E-state index contributed by atoms with van der Waals surface area (Å²) in [7, 11) is 1.60. The summed E-state index contributed by atoms with van der Waals surface area (Å²) in [5, 5.41) is 13.3. The van der Waals surface area contributed by atoms with Gasteiger partial charge in [-0.2, -0.15) is 0 Å². The van der Waals surface area contributed by atoms with Crippen molar-refractivity contribution in [1.29, 1.82) is 0 Å². The second kappa shape index (κ2) is 7.43. The number of carbonyl (C=O) groups is 1. The Bertz CT molecular complexity index is 575. The van der Waals surface area contributed by atoms with Crippen LogP contribution in [0.25, 0.3) is 0 Å². The Morgan fingerprint density at radius 3 is 2.67 bits per heavy atom. The molecule has 132 valence electrons. The molecular formula is C19H27NO4. The van der Waals surface area contributed by atoms with Crippen LogP contribution < -0.4 is 14.8 Å². The molecule has 3 rings (SSSR count). The molecule has 0 aromatic heterocycles. The fourth-order valence-electron chi connectivity index (χ4n) is 4.05. The van der Waals surface area contributed by atoms with Gasteiger partial charge in [0.1, 0.15) is 6.10 Å². The van der Waals surface area contributed by atoms with Crippen LogP contribution in [-0.2, 0) is 10.2 Å². The molecule has 0 spiro atoms. The maximum Gasteiger partial charge on any atom is 0.314 e. The monoisotopic (exact) mass is 333 g/mol. The molecule has 1 atom stereocenters. The summed E-state index contributed by atoms with van der Waals surface area (Å²) in [5.41, 5.74) is -0.0909. The summed E-state index contributed by atoms with van der Waals surface area (Å²) < 4.78 is 11.8. The maximum absolute atomic E-state index is 12.1. The molecule has 2 aliphatic rings. The SMILES string of the molecule is COc1c(OC2CCCNC2)cccc1C1(C(=O)O)CCCCC1. The Balaban J connectivity index is 1.95. The van der Waals surface area contributed by atoms with Crippen molar-refractivity contribution < 1.29 is 19.4 Å². The van der Waals surface area contributed by atoms with Crippen molar-refractivity contribution in [3.05, 3.63) is 23.8 Å². The Hall–Kier alpha value is -1.75. The Labute approximate surface area is 143 Å². The first-order valence-corrected chi connectivity index (χ1v) is 8.95. The van der Waals surface area contributed by atoms with Crippen LogP contribution in [0, 0.1) is 0 Å². The van der Waals surface area contributed by atoms with Gasteiger partial charge in [0.05, 0.1) is 12.5 Å². The van der Waals surface area contributed by atoms with Crippen molar-refractivity contribution in [2.45, 2.75) is 56.5 Å². The van der Waals surface area contributed by atoms with Gasteiger partial charge in [-0.1, -0.05) is 31.4 Å². The fraction of sp³-hybridized carbons (Fsp3) is 0.632. The van der Waals surface area contributed by atoms with Crippen molar-refractivity contribution in [3.63, 3.8) is 0 Å². The quantitative estimate of drug-likeness (QED) is 0.866. The molecule has 0 radical (unpaired) electrons. The highest BCUT2D eigenvalue weighted by Gasteiger charge is 2.44. The van der Waals surface area contributed by atoms with E-state index in [1.165, 1.54) is 0 Å². The van der Waals surface area contributed by atoms with Crippen LogP contribution in [0.3, 0.4) is 0 Å². The zero-order valence-electron chi connectivity index (χ0n) is 14.3. The Morgan fingerprint density at radius 2 is 2.04 bits per heavy atom. The number of nitrogens with one attached hydrogen (secondary N) is 1. The van der Waals surface area contributed by atoms with Gasteiger partial charge in [0.15, 0.2) is 11.5 Å². The number of rotatable bonds is 5. The van der Waals surface area contributed by atoms with Gasteiger partial charge in [0.2, 0.25) is 0 Å². The minimum Gasteiger partial charge on any atom is -0.493 e. The minimum atomic E-state index is -0.853. The standard InChI is InChI=1S/C19H27NO4/c1-23-17-15(19(18(21)22)10-3-2-4-11-19)8-5-9-16(17)24-14-7-6-12-20-13-14/h5,8-9,14,20H,2-4,6-7,10-13H2,1H3,(H,21,22). The molecule has 5 heteroatoms. The summed E-state index contributed by atoms with van der Waals surface area (Å²) in [6, 6.07) is 5.67. The first-order valence-electron chi connectivity index (χ1n) is 8.95. The third-order valence-corrected chi connectivity index (χ3v) is 5.36. The van der Waals surface area contributed by atoms with Gasteiger partial charge in [0, 0.05) is 12.1 Å². The van der Waals surface area contributed by atoms with E-state index in [-0.39, 0.29) is 6.10 Å². The largest absolute Gasteiger partial charge is 0.493 e. The van der Waals surface area contributed by atoms with Crippen LogP contribution in [0.4, 0.5) is 0 Å². The summed E-state index contributed by atoms with van der Waals surface area (Å²) in [5.74, 6) is 0.499. The minimum absolute atomic E-state index is 0.107. The van der Waals surface area contributed by atoms with Crippen molar-refractivity contribution in [2.75, 3.05) is 20.2 Å². The van der Waals surface area contributed by atoms with E-state index in [0.29, 0.717) is 24.3 Å². The van der Waals surface area contributed by atoms with Crippen LogP contribution in [0.5, 0.6) is 11.5 Å². The number of benzene rings is 1. The lowest BCUT2D eigenvalue weighted by molar-refractivity contribution is -0.145. The zero-order valence-corrected chi connectivity index (χ0v) is 14.3. The highest BCUT2D eigenvalue weighted by molar-refractivity contribution is 5.83. The first-order chi connectivity index (χ1) is 11.7. The number of hydrogen-bond donors (Lipinski definition) is 2. The number of aliphatic carboxylic acids is 1. The fourth-order valence-corrected chi connectivity index (χ4v) is 4.05. The lowest BCUT2D eigenvalue weighted by Crippen LogP contribution is -2.39. The molecule has 1 aromatic rings. The molecule has 1 heterocycles. The Morgan fingerprint density at radius 1 is 1.25 bits per heavy atom. The summed E-state index contributed by atoms with van der Waals surface area (Å²) in [6.07, 6.45) is 6.49. The van der Waals surface area contributed by atoms with Gasteiger partial charge in [-0.15, -0.1) is 0 Å². The van der Waals surface area contributed by atoms with Crippen molar-refractivity contribution in [3.8, 4) is 11.5 Å². The van der Waals surface area contributed by atoms with E-state index >= 15 is 0 Å². The van der Waals surface area contributed by atoms with Crippen LogP contribution >= 0.6 is 0 Å². The number of methoxy groups -OCH3 is 1. The number of hydrogen-bond acceptors (Lipinski definition) is 4. The third-order valence-electron chi connectivity index (χ3n) is 5.36. The van der Waals surface area contributed by atoms with E-state index in [4.69, 9.17) is 9.47 Å². The molecule has 2 fully saturated rings. The number of carboxylic acids is 1. The number of piperidine rings is 1. The van der Waals surface area contributed by atoms with E-state index in [1.807, 2.05) is 18.2 Å². The molecule has 1 aromatic carbocycles. The highest BCUT2D eigenvalue weighted by Crippen LogP contribution is 2.46. The van der Waals surface area contributed by atoms with E-state index in [1.54, 1.807) is 7.11 Å². The smallest absolute Gasteiger partial charge is 0.314 e. The molecular weight excluding hydrogens is 306 g/mol. The lowest BCUT2D eigenvalue weighted by atomic mass is 9.69. The maximum atomic E-state index is 12.1. The molecule has 1 saturated carbocycles. The van der Waals surface area contributed by atoms with E-state index < -0.39 is 11.4 Å². The van der Waals surface area contributed by atoms with Crippen molar-refractivity contribution in [2.24, 2.45) is 0 Å². The van der Waals surface area contributed by atoms with E-state index in [0.717, 1.165) is 50.8 Å². The van der Waals surface area contributed by atoms with Gasteiger partial charge >= 0.3 is 5.97 Å². The first kappa shape index (κ1) is 17.1. The van der Waals surface area contributed by atoms with Gasteiger partial charge < -0.3 is 19.9 Å². The average Bonchev–Trinajstić information content (AvgIpc) is 2.63. The molecule has 24 heavy (non-hydrogen) atoms. The summed E-state index contributed by atoms with van der Waals surface area (Å²) in [6.45, 7) is 1.84. The topological polar surface area (TPSA) is 67.8 Å². The molecule has 2 N–H and O–H groups in total. The van der Waals surface area contributed by atoms with Crippen LogP contribution in [0.2, 0.25) is 0 Å². The molecule has 5 nitrogen and oxygen atoms in total. The molecule has 0 amide bonds.